The van der Waals surface area contributed by atoms with Gasteiger partial charge in [0.1, 0.15) is 0 Å². The quantitative estimate of drug-likeness (QED) is 0.315. The Labute approximate surface area is 225 Å². The second kappa shape index (κ2) is 15.0. The van der Waals surface area contributed by atoms with E-state index in [4.69, 9.17) is 0 Å². The summed E-state index contributed by atoms with van der Waals surface area (Å²) in [7, 11) is 0. The summed E-state index contributed by atoms with van der Waals surface area (Å²) in [5, 5.41) is 0. The predicted octanol–water partition coefficient (Wildman–Crippen LogP) is 12.1. The highest BCUT2D eigenvalue weighted by Crippen LogP contribution is 2.55. The maximum Gasteiger partial charge on any atom is -0.0122 e. The molecule has 0 heteroatoms. The summed E-state index contributed by atoms with van der Waals surface area (Å²) in [6.45, 7) is 7.65. The fraction of sp³-hybridized carbons (Fsp3) is 0.833. The van der Waals surface area contributed by atoms with E-state index in [0.29, 0.717) is 0 Å². The molecule has 1 fully saturated rings. The third-order valence-electron chi connectivity index (χ3n) is 10.7. The molecular weight excluding hydrogens is 432 g/mol. The summed E-state index contributed by atoms with van der Waals surface area (Å²) in [5.74, 6) is 3.39. The van der Waals surface area contributed by atoms with E-state index in [9.17, 15) is 0 Å². The molecule has 0 aromatic rings. The topological polar surface area (TPSA) is 0 Å². The Morgan fingerprint density at radius 1 is 0.583 bits per heavy atom. The molecule has 204 valence electrons. The van der Waals surface area contributed by atoms with Crippen molar-refractivity contribution < 1.29 is 0 Å². The Morgan fingerprint density at radius 2 is 1.08 bits per heavy atom. The van der Waals surface area contributed by atoms with Crippen LogP contribution in [0.4, 0.5) is 0 Å². The highest BCUT2D eigenvalue weighted by atomic mass is 14.5. The van der Waals surface area contributed by atoms with Crippen molar-refractivity contribution in [3.8, 4) is 0 Å². The molecule has 0 nitrogen and oxygen atoms in total. The van der Waals surface area contributed by atoms with E-state index in [1.165, 1.54) is 148 Å². The van der Waals surface area contributed by atoms with Gasteiger partial charge >= 0.3 is 0 Å². The van der Waals surface area contributed by atoms with Crippen molar-refractivity contribution in [2.75, 3.05) is 0 Å². The Kier molecular flexibility index (Phi) is 11.7. The van der Waals surface area contributed by atoms with Crippen molar-refractivity contribution in [3.05, 3.63) is 33.9 Å². The molecule has 0 radical (unpaired) electrons. The number of allylic oxidation sites excluding steroid dienone is 6. The molecule has 0 amide bonds. The number of hydrogen-bond acceptors (Lipinski definition) is 0. The van der Waals surface area contributed by atoms with Gasteiger partial charge in [-0.1, -0.05) is 133 Å². The molecule has 0 heterocycles. The molecule has 5 bridgehead atoms. The Bertz CT molecular complexity index is 761. The Morgan fingerprint density at radius 3 is 1.69 bits per heavy atom. The van der Waals surface area contributed by atoms with Crippen LogP contribution in [0.1, 0.15) is 168 Å². The minimum Gasteiger partial charge on any atom is -0.0730 e. The first kappa shape index (κ1) is 28.2. The third kappa shape index (κ3) is 7.63. The van der Waals surface area contributed by atoms with E-state index in [2.05, 4.69) is 26.8 Å². The van der Waals surface area contributed by atoms with Crippen LogP contribution in [0.2, 0.25) is 0 Å². The largest absolute Gasteiger partial charge is 0.0730 e. The maximum atomic E-state index is 2.71. The van der Waals surface area contributed by atoms with E-state index in [0.717, 1.165) is 23.7 Å². The van der Waals surface area contributed by atoms with Crippen LogP contribution in [0.25, 0.3) is 0 Å². The maximum absolute atomic E-state index is 2.71. The molecular formula is C36H60. The molecule has 4 aliphatic carbocycles. The summed E-state index contributed by atoms with van der Waals surface area (Å²) in [6, 6.07) is 0. The fourth-order valence-electron chi connectivity index (χ4n) is 8.60. The SMILES string of the molecule is CC1=C2/C=C(/C)CCCCCCCCCCC3C1=C1CC2CCCCCCCCCCCCC3C1C. The summed E-state index contributed by atoms with van der Waals surface area (Å²) < 4.78 is 0. The zero-order valence-corrected chi connectivity index (χ0v) is 24.7. The lowest BCUT2D eigenvalue weighted by Crippen LogP contribution is -2.17. The van der Waals surface area contributed by atoms with Crippen LogP contribution in [0.5, 0.6) is 0 Å². The summed E-state index contributed by atoms with van der Waals surface area (Å²) in [5.41, 5.74) is 8.99. The van der Waals surface area contributed by atoms with Crippen molar-refractivity contribution in [1.82, 2.24) is 0 Å². The van der Waals surface area contributed by atoms with Crippen LogP contribution in [0.3, 0.4) is 0 Å². The van der Waals surface area contributed by atoms with Gasteiger partial charge in [-0.15, -0.1) is 0 Å². The lowest BCUT2D eigenvalue weighted by atomic mass is 9.74. The Hall–Kier alpha value is -0.780. The summed E-state index contributed by atoms with van der Waals surface area (Å²) >= 11 is 0. The van der Waals surface area contributed by atoms with Gasteiger partial charge in [-0.3, -0.25) is 0 Å². The van der Waals surface area contributed by atoms with Crippen molar-refractivity contribution in [2.24, 2.45) is 23.7 Å². The van der Waals surface area contributed by atoms with Gasteiger partial charge in [-0.25, -0.2) is 0 Å². The predicted molar refractivity (Wildman–Crippen MR) is 159 cm³/mol. The molecule has 0 aromatic heterocycles. The van der Waals surface area contributed by atoms with Crippen LogP contribution < -0.4 is 0 Å². The minimum atomic E-state index is 0.787. The smallest absolute Gasteiger partial charge is 0.0122 e. The summed E-state index contributed by atoms with van der Waals surface area (Å²) in [6.07, 6.45) is 36.1. The lowest BCUT2D eigenvalue weighted by Gasteiger charge is -2.31. The van der Waals surface area contributed by atoms with Crippen LogP contribution in [0.15, 0.2) is 33.9 Å². The van der Waals surface area contributed by atoms with Crippen LogP contribution in [-0.4, -0.2) is 0 Å². The van der Waals surface area contributed by atoms with Crippen molar-refractivity contribution in [3.63, 3.8) is 0 Å². The number of fused-ring (bicyclic) bond motifs is 4. The molecule has 0 aromatic carbocycles. The first-order valence-corrected chi connectivity index (χ1v) is 16.8. The van der Waals surface area contributed by atoms with Crippen LogP contribution >= 0.6 is 0 Å². The van der Waals surface area contributed by atoms with Gasteiger partial charge in [0.25, 0.3) is 0 Å². The number of hydrogen-bond donors (Lipinski definition) is 0. The van der Waals surface area contributed by atoms with E-state index < -0.39 is 0 Å². The second-order valence-corrected chi connectivity index (χ2v) is 13.5. The summed E-state index contributed by atoms with van der Waals surface area (Å²) in [4.78, 5) is 0. The molecule has 36 heavy (non-hydrogen) atoms. The van der Waals surface area contributed by atoms with Gasteiger partial charge in [0.2, 0.25) is 0 Å². The van der Waals surface area contributed by atoms with Gasteiger partial charge in [0.15, 0.2) is 0 Å². The van der Waals surface area contributed by atoms with Crippen molar-refractivity contribution in [1.29, 1.82) is 0 Å². The van der Waals surface area contributed by atoms with Crippen molar-refractivity contribution >= 4 is 0 Å². The van der Waals surface area contributed by atoms with E-state index >= 15 is 0 Å². The molecule has 0 saturated heterocycles. The number of rotatable bonds is 0. The highest BCUT2D eigenvalue weighted by Gasteiger charge is 2.43. The minimum absolute atomic E-state index is 0.787. The molecule has 0 N–H and O–H groups in total. The molecule has 4 aliphatic rings. The van der Waals surface area contributed by atoms with E-state index in [1.807, 2.05) is 11.1 Å². The van der Waals surface area contributed by atoms with Crippen LogP contribution in [0, 0.1) is 23.7 Å². The van der Waals surface area contributed by atoms with Crippen LogP contribution in [-0.2, 0) is 0 Å². The average Bonchev–Trinajstić information content (AvgIpc) is 3.12. The van der Waals surface area contributed by atoms with Gasteiger partial charge in [0, 0.05) is 0 Å². The van der Waals surface area contributed by atoms with E-state index in [1.54, 1.807) is 16.7 Å². The average molecular weight is 493 g/mol. The first-order chi connectivity index (χ1) is 17.7. The standard InChI is InChI=1S/C36H60/c1-28-22-18-14-10-8-9-13-17-21-25-33-32-24-20-16-12-7-5-4-6-11-15-19-23-31-27-35(29(32)2)36(33)30(3)34(31)26-28/h26,29,31-33H,4-25,27H2,1-3H3/b28-26-. The molecule has 1 saturated carbocycles. The third-order valence-corrected chi connectivity index (χ3v) is 10.7. The zero-order valence-electron chi connectivity index (χ0n) is 24.7. The molecule has 0 spiro atoms. The first-order valence-electron chi connectivity index (χ1n) is 16.8. The van der Waals surface area contributed by atoms with Gasteiger partial charge in [-0.05, 0) is 92.8 Å². The van der Waals surface area contributed by atoms with Gasteiger partial charge in [-0.2, -0.15) is 0 Å². The molecule has 4 atom stereocenters. The zero-order chi connectivity index (χ0) is 25.2. The lowest BCUT2D eigenvalue weighted by molar-refractivity contribution is 0.284. The molecule has 4 unspecified atom stereocenters. The fourth-order valence-corrected chi connectivity index (χ4v) is 8.60. The van der Waals surface area contributed by atoms with Gasteiger partial charge in [0.05, 0.1) is 0 Å². The van der Waals surface area contributed by atoms with E-state index in [-0.39, 0.29) is 0 Å². The highest BCUT2D eigenvalue weighted by molar-refractivity contribution is 5.51. The van der Waals surface area contributed by atoms with Gasteiger partial charge < -0.3 is 0 Å². The molecule has 0 aliphatic heterocycles. The normalized spacial score (nSPS) is 34.5. The van der Waals surface area contributed by atoms with Crippen molar-refractivity contribution in [2.45, 2.75) is 168 Å². The monoisotopic (exact) mass is 492 g/mol. The molecule has 4 rings (SSSR count). The second-order valence-electron chi connectivity index (χ2n) is 13.5. The Balaban J connectivity index is 1.64.